The molecular formula is C26H42O4. The molecule has 0 aromatic rings. The standard InChI is InChI=1S/C26H42O4/c1-16(6-11-24(28)30-5)20-9-10-21-19-8-7-17-14-18(27)12-13-25(17,2)22(19)15-23(29-4)26(20,21)3/h15-21,23,27H,6-14H2,1-5H3/t16-,17+,18-,19-,20+,21+,23+,25+,26-/m1/s1. The van der Waals surface area contributed by atoms with Gasteiger partial charge in [0.05, 0.1) is 19.3 Å². The molecule has 4 rings (SSSR count). The quantitative estimate of drug-likeness (QED) is 0.496. The number of aliphatic hydroxyl groups is 1. The van der Waals surface area contributed by atoms with Crippen LogP contribution in [0, 0.1) is 40.4 Å². The highest BCUT2D eigenvalue weighted by atomic mass is 16.5. The summed E-state index contributed by atoms with van der Waals surface area (Å²) in [4.78, 5) is 11.7. The lowest BCUT2D eigenvalue weighted by atomic mass is 9.47. The van der Waals surface area contributed by atoms with Crippen LogP contribution < -0.4 is 0 Å². The van der Waals surface area contributed by atoms with Gasteiger partial charge in [-0.3, -0.25) is 4.79 Å². The second kappa shape index (κ2) is 8.24. The maximum absolute atomic E-state index is 11.7. The Hall–Kier alpha value is -0.870. The molecule has 4 aliphatic carbocycles. The van der Waals surface area contributed by atoms with E-state index in [1.807, 2.05) is 7.11 Å². The Morgan fingerprint density at radius 2 is 1.97 bits per heavy atom. The molecule has 0 spiro atoms. The van der Waals surface area contributed by atoms with Crippen LogP contribution in [0.25, 0.3) is 0 Å². The van der Waals surface area contributed by atoms with Gasteiger partial charge in [0.15, 0.2) is 0 Å². The SMILES string of the molecule is COC(=O)CC[C@@H](C)[C@@H]1CC[C@H]2[C@H]3CC[C@H]4C[C@H](O)CC[C@]4(C)C3=C[C@H](OC)[C@]12C. The van der Waals surface area contributed by atoms with E-state index in [2.05, 4.69) is 26.8 Å². The third kappa shape index (κ3) is 3.37. The lowest BCUT2D eigenvalue weighted by Gasteiger charge is -2.58. The minimum Gasteiger partial charge on any atom is -0.469 e. The predicted molar refractivity (Wildman–Crippen MR) is 118 cm³/mol. The van der Waals surface area contributed by atoms with Gasteiger partial charge in [-0.05, 0) is 86.4 Å². The highest BCUT2D eigenvalue weighted by Crippen LogP contribution is 2.66. The van der Waals surface area contributed by atoms with Crippen molar-refractivity contribution in [3.05, 3.63) is 11.6 Å². The summed E-state index contributed by atoms with van der Waals surface area (Å²) < 4.78 is 11.1. The molecule has 0 aromatic heterocycles. The molecule has 0 heterocycles. The van der Waals surface area contributed by atoms with Gasteiger partial charge in [0.25, 0.3) is 0 Å². The number of ether oxygens (including phenoxy) is 2. The van der Waals surface area contributed by atoms with Gasteiger partial charge >= 0.3 is 5.97 Å². The summed E-state index contributed by atoms with van der Waals surface area (Å²) in [5, 5.41) is 10.3. The molecule has 0 amide bonds. The van der Waals surface area contributed by atoms with Crippen LogP contribution >= 0.6 is 0 Å². The Balaban J connectivity index is 1.63. The minimum absolute atomic E-state index is 0.0959. The van der Waals surface area contributed by atoms with Crippen LogP contribution in [0.3, 0.4) is 0 Å². The molecule has 3 fully saturated rings. The van der Waals surface area contributed by atoms with E-state index < -0.39 is 0 Å². The predicted octanol–water partition coefficient (Wildman–Crippen LogP) is 5.14. The van der Waals surface area contributed by atoms with Crippen molar-refractivity contribution in [2.45, 2.75) is 90.8 Å². The van der Waals surface area contributed by atoms with E-state index >= 15 is 0 Å². The molecule has 170 valence electrons. The zero-order valence-electron chi connectivity index (χ0n) is 19.7. The Morgan fingerprint density at radius 3 is 2.67 bits per heavy atom. The smallest absolute Gasteiger partial charge is 0.305 e. The number of aliphatic hydroxyl groups excluding tert-OH is 1. The zero-order chi connectivity index (χ0) is 21.7. The van der Waals surface area contributed by atoms with Crippen LogP contribution in [-0.4, -0.2) is 37.5 Å². The van der Waals surface area contributed by atoms with Gasteiger partial charge in [0, 0.05) is 18.9 Å². The summed E-state index contributed by atoms with van der Waals surface area (Å²) in [6.07, 6.45) is 12.0. The molecule has 1 N–H and O–H groups in total. The maximum Gasteiger partial charge on any atom is 0.305 e. The van der Waals surface area contributed by atoms with Crippen molar-refractivity contribution in [1.82, 2.24) is 0 Å². The number of fused-ring (bicyclic) bond motifs is 5. The summed E-state index contributed by atoms with van der Waals surface area (Å²) >= 11 is 0. The van der Waals surface area contributed by atoms with Crippen LogP contribution in [0.5, 0.6) is 0 Å². The maximum atomic E-state index is 11.7. The fraction of sp³-hybridized carbons (Fsp3) is 0.885. The molecule has 3 saturated carbocycles. The normalized spacial score (nSPS) is 46.3. The fourth-order valence-electron chi connectivity index (χ4n) is 8.41. The zero-order valence-corrected chi connectivity index (χ0v) is 19.7. The van der Waals surface area contributed by atoms with Gasteiger partial charge in [-0.2, -0.15) is 0 Å². The van der Waals surface area contributed by atoms with E-state index in [4.69, 9.17) is 9.47 Å². The van der Waals surface area contributed by atoms with Crippen LogP contribution in [0.15, 0.2) is 11.6 Å². The molecule has 0 aliphatic heterocycles. The molecule has 30 heavy (non-hydrogen) atoms. The van der Waals surface area contributed by atoms with E-state index in [1.54, 1.807) is 5.57 Å². The molecule has 0 unspecified atom stereocenters. The third-order valence-electron chi connectivity index (χ3n) is 10.1. The van der Waals surface area contributed by atoms with Crippen molar-refractivity contribution in [1.29, 1.82) is 0 Å². The Kier molecular flexibility index (Phi) is 6.13. The van der Waals surface area contributed by atoms with E-state index in [-0.39, 0.29) is 29.0 Å². The van der Waals surface area contributed by atoms with Gasteiger partial charge in [-0.15, -0.1) is 0 Å². The van der Waals surface area contributed by atoms with E-state index in [0.29, 0.717) is 36.0 Å². The van der Waals surface area contributed by atoms with Crippen molar-refractivity contribution in [3.8, 4) is 0 Å². The third-order valence-corrected chi connectivity index (χ3v) is 10.1. The lowest BCUT2D eigenvalue weighted by molar-refractivity contribution is -0.141. The van der Waals surface area contributed by atoms with Gasteiger partial charge in [0.2, 0.25) is 0 Å². The largest absolute Gasteiger partial charge is 0.469 e. The molecule has 4 nitrogen and oxygen atoms in total. The Labute approximate surface area is 182 Å². The summed E-state index contributed by atoms with van der Waals surface area (Å²) in [6, 6.07) is 0. The average Bonchev–Trinajstić information content (AvgIpc) is 3.09. The molecule has 0 aromatic carbocycles. The van der Waals surface area contributed by atoms with Gasteiger partial charge in [-0.1, -0.05) is 32.4 Å². The lowest BCUT2D eigenvalue weighted by Crippen LogP contribution is -2.53. The van der Waals surface area contributed by atoms with Crippen molar-refractivity contribution < 1.29 is 19.4 Å². The first-order valence-corrected chi connectivity index (χ1v) is 12.3. The number of carbonyl (C=O) groups excluding carboxylic acids is 1. The number of esters is 1. The molecule has 0 radical (unpaired) electrons. The Morgan fingerprint density at radius 1 is 1.20 bits per heavy atom. The second-order valence-corrected chi connectivity index (χ2v) is 11.3. The summed E-state index contributed by atoms with van der Waals surface area (Å²) in [5.74, 6) is 2.91. The van der Waals surface area contributed by atoms with E-state index in [9.17, 15) is 9.90 Å². The van der Waals surface area contributed by atoms with Crippen LogP contribution in [0.2, 0.25) is 0 Å². The topological polar surface area (TPSA) is 55.8 Å². The highest BCUT2D eigenvalue weighted by Gasteiger charge is 2.61. The van der Waals surface area contributed by atoms with Crippen molar-refractivity contribution >= 4 is 5.97 Å². The monoisotopic (exact) mass is 418 g/mol. The van der Waals surface area contributed by atoms with E-state index in [1.165, 1.54) is 32.8 Å². The first kappa shape index (κ1) is 22.3. The molecular weight excluding hydrogens is 376 g/mol. The number of hydrogen-bond acceptors (Lipinski definition) is 4. The average molecular weight is 419 g/mol. The summed E-state index contributed by atoms with van der Waals surface area (Å²) in [7, 11) is 3.36. The first-order chi connectivity index (χ1) is 14.3. The summed E-state index contributed by atoms with van der Waals surface area (Å²) in [5.41, 5.74) is 2.02. The van der Waals surface area contributed by atoms with Gasteiger partial charge < -0.3 is 14.6 Å². The molecule has 0 saturated heterocycles. The first-order valence-electron chi connectivity index (χ1n) is 12.3. The number of carbonyl (C=O) groups is 1. The number of methoxy groups -OCH3 is 2. The highest BCUT2D eigenvalue weighted by molar-refractivity contribution is 5.69. The van der Waals surface area contributed by atoms with Crippen molar-refractivity contribution in [2.24, 2.45) is 40.4 Å². The van der Waals surface area contributed by atoms with Crippen LogP contribution in [-0.2, 0) is 14.3 Å². The Bertz CT molecular complexity index is 687. The number of allylic oxidation sites excluding steroid dienone is 1. The van der Waals surface area contributed by atoms with Crippen LogP contribution in [0.1, 0.15) is 78.6 Å². The molecule has 0 bridgehead atoms. The van der Waals surface area contributed by atoms with Gasteiger partial charge in [-0.25, -0.2) is 0 Å². The molecule has 9 atom stereocenters. The van der Waals surface area contributed by atoms with Crippen LogP contribution in [0.4, 0.5) is 0 Å². The van der Waals surface area contributed by atoms with Crippen molar-refractivity contribution in [2.75, 3.05) is 14.2 Å². The number of hydrogen-bond donors (Lipinski definition) is 1. The number of rotatable bonds is 5. The second-order valence-electron chi connectivity index (χ2n) is 11.3. The van der Waals surface area contributed by atoms with Crippen molar-refractivity contribution in [3.63, 3.8) is 0 Å². The summed E-state index contributed by atoms with van der Waals surface area (Å²) in [6.45, 7) is 7.28. The molecule has 4 aliphatic rings. The fourth-order valence-corrected chi connectivity index (χ4v) is 8.41. The van der Waals surface area contributed by atoms with E-state index in [0.717, 1.165) is 25.7 Å². The van der Waals surface area contributed by atoms with Gasteiger partial charge in [0.1, 0.15) is 0 Å². The minimum atomic E-state index is -0.112. The molecule has 4 heteroatoms.